The van der Waals surface area contributed by atoms with E-state index in [0.717, 1.165) is 24.0 Å². The summed E-state index contributed by atoms with van der Waals surface area (Å²) in [6.07, 6.45) is 5.80. The molecule has 0 fully saturated rings. The van der Waals surface area contributed by atoms with Crippen molar-refractivity contribution in [2.24, 2.45) is 0 Å². The summed E-state index contributed by atoms with van der Waals surface area (Å²) in [6.45, 7) is 2.13. The van der Waals surface area contributed by atoms with Gasteiger partial charge in [-0.3, -0.25) is 0 Å². The van der Waals surface area contributed by atoms with E-state index in [1.165, 1.54) is 5.56 Å². The van der Waals surface area contributed by atoms with Gasteiger partial charge in [0.25, 0.3) is 0 Å². The molecule has 0 spiro atoms. The minimum atomic E-state index is -1.38. The molecular formula is C22H20FN. The minimum Gasteiger partial charge on any atom is -0.240 e. The fraction of sp³-hybridized carbons (Fsp3) is 0.227. The molecule has 120 valence electrons. The van der Waals surface area contributed by atoms with Gasteiger partial charge in [0, 0.05) is 0 Å². The highest BCUT2D eigenvalue weighted by atomic mass is 19.1. The predicted octanol–water partition coefficient (Wildman–Crippen LogP) is 5.39. The number of alkyl halides is 1. The molecule has 0 bridgehead atoms. The van der Waals surface area contributed by atoms with Crippen molar-refractivity contribution < 1.29 is 4.39 Å². The average molecular weight is 317 g/mol. The second-order valence-corrected chi connectivity index (χ2v) is 6.15. The Balaban J connectivity index is 1.94. The summed E-state index contributed by atoms with van der Waals surface area (Å²) in [5, 5.41) is 9.72. The fourth-order valence-electron chi connectivity index (χ4n) is 3.14. The highest BCUT2D eigenvalue weighted by Crippen LogP contribution is 2.38. The molecule has 2 atom stereocenters. The maximum Gasteiger partial charge on any atom is 0.145 e. The highest BCUT2D eigenvalue weighted by Gasteiger charge is 2.40. The summed E-state index contributed by atoms with van der Waals surface area (Å²) in [5.41, 5.74) is 2.45. The molecule has 1 aliphatic rings. The van der Waals surface area contributed by atoms with Gasteiger partial charge in [-0.25, -0.2) is 4.39 Å². The van der Waals surface area contributed by atoms with Crippen LogP contribution in [0.25, 0.3) is 5.57 Å². The second kappa shape index (κ2) is 6.84. The van der Waals surface area contributed by atoms with Crippen LogP contribution in [0.15, 0.2) is 72.8 Å². The van der Waals surface area contributed by atoms with E-state index >= 15 is 4.39 Å². The third-order valence-electron chi connectivity index (χ3n) is 4.55. The van der Waals surface area contributed by atoms with Crippen molar-refractivity contribution in [3.05, 3.63) is 89.5 Å². The summed E-state index contributed by atoms with van der Waals surface area (Å²) in [5.74, 6) is 0. The summed E-state index contributed by atoms with van der Waals surface area (Å²) in [6, 6.07) is 19.6. The first-order valence-electron chi connectivity index (χ1n) is 8.31. The fourth-order valence-corrected chi connectivity index (χ4v) is 3.14. The van der Waals surface area contributed by atoms with Gasteiger partial charge in [0.15, 0.2) is 0 Å². The van der Waals surface area contributed by atoms with Gasteiger partial charge in [-0.1, -0.05) is 80.1 Å². The van der Waals surface area contributed by atoms with Crippen LogP contribution < -0.4 is 0 Å². The second-order valence-electron chi connectivity index (χ2n) is 6.15. The van der Waals surface area contributed by atoms with E-state index in [-0.39, 0.29) is 0 Å². The number of allylic oxidation sites excluding steroid dienone is 4. The zero-order chi connectivity index (χ0) is 17.0. The Morgan fingerprint density at radius 2 is 1.79 bits per heavy atom. The third-order valence-corrected chi connectivity index (χ3v) is 4.55. The zero-order valence-electron chi connectivity index (χ0n) is 13.7. The molecule has 0 radical (unpaired) electrons. The molecule has 1 aliphatic carbocycles. The summed E-state index contributed by atoms with van der Waals surface area (Å²) >= 11 is 0. The van der Waals surface area contributed by atoms with Gasteiger partial charge in [-0.15, -0.1) is 0 Å². The van der Waals surface area contributed by atoms with Crippen LogP contribution in [0.1, 0.15) is 30.0 Å². The molecule has 0 aliphatic heterocycles. The van der Waals surface area contributed by atoms with Crippen molar-refractivity contribution in [2.75, 3.05) is 0 Å². The van der Waals surface area contributed by atoms with E-state index in [0.29, 0.717) is 5.56 Å². The van der Waals surface area contributed by atoms with Gasteiger partial charge >= 0.3 is 0 Å². The number of rotatable bonds is 4. The molecule has 1 nitrogen and oxygen atoms in total. The molecule has 2 aromatic carbocycles. The van der Waals surface area contributed by atoms with E-state index in [2.05, 4.69) is 13.0 Å². The predicted molar refractivity (Wildman–Crippen MR) is 96.2 cm³/mol. The third kappa shape index (κ3) is 2.90. The van der Waals surface area contributed by atoms with Crippen molar-refractivity contribution in [1.29, 1.82) is 5.26 Å². The van der Waals surface area contributed by atoms with Crippen LogP contribution in [0, 0.1) is 11.3 Å². The summed E-state index contributed by atoms with van der Waals surface area (Å²) in [7, 11) is 0. The molecule has 2 unspecified atom stereocenters. The van der Waals surface area contributed by atoms with E-state index in [1.807, 2.05) is 60.7 Å². The van der Waals surface area contributed by atoms with Gasteiger partial charge in [-0.2, -0.15) is 5.26 Å². The lowest BCUT2D eigenvalue weighted by molar-refractivity contribution is 0.323. The normalized spacial score (nSPS) is 22.7. The van der Waals surface area contributed by atoms with Gasteiger partial charge in [0.1, 0.15) is 11.6 Å². The molecule has 0 amide bonds. The van der Waals surface area contributed by atoms with Gasteiger partial charge in [0.05, 0.1) is 6.07 Å². The van der Waals surface area contributed by atoms with Gasteiger partial charge in [-0.05, 0) is 34.8 Å². The summed E-state index contributed by atoms with van der Waals surface area (Å²) < 4.78 is 15.0. The molecule has 3 rings (SSSR count). The first kappa shape index (κ1) is 16.2. The standard InChI is InChI=1S/C22H20FN/c1-2-6-17-9-11-20(12-10-17)22(16-24)14-13-19(15-21(22)23)18-7-4-3-5-8-18/h3-5,7-15,21H,2,6H2,1H3. The van der Waals surface area contributed by atoms with Crippen molar-refractivity contribution in [1.82, 2.24) is 0 Å². The smallest absolute Gasteiger partial charge is 0.145 e. The Labute approximate surface area is 142 Å². The van der Waals surface area contributed by atoms with Crippen molar-refractivity contribution in [3.63, 3.8) is 0 Å². The lowest BCUT2D eigenvalue weighted by atomic mass is 9.73. The maximum absolute atomic E-state index is 15.0. The molecule has 0 aromatic heterocycles. The molecule has 0 N–H and O–H groups in total. The van der Waals surface area contributed by atoms with Crippen molar-refractivity contribution in [3.8, 4) is 6.07 Å². The molecule has 0 saturated heterocycles. The molecular weight excluding hydrogens is 297 g/mol. The van der Waals surface area contributed by atoms with Crippen molar-refractivity contribution >= 4 is 5.57 Å². The van der Waals surface area contributed by atoms with Crippen molar-refractivity contribution in [2.45, 2.75) is 31.4 Å². The zero-order valence-corrected chi connectivity index (χ0v) is 13.7. The van der Waals surface area contributed by atoms with Crippen LogP contribution in [0.3, 0.4) is 0 Å². The molecule has 0 saturated carbocycles. The van der Waals surface area contributed by atoms with Crippen LogP contribution in [0.4, 0.5) is 4.39 Å². The maximum atomic E-state index is 15.0. The number of aryl methyl sites for hydroxylation is 1. The van der Waals surface area contributed by atoms with Crippen LogP contribution >= 0.6 is 0 Å². The Morgan fingerprint density at radius 3 is 2.38 bits per heavy atom. The van der Waals surface area contributed by atoms with E-state index in [9.17, 15) is 5.26 Å². The minimum absolute atomic E-state index is 0.706. The average Bonchev–Trinajstić information content (AvgIpc) is 2.64. The van der Waals surface area contributed by atoms with Crippen LogP contribution in [-0.2, 0) is 11.8 Å². The number of halogens is 1. The van der Waals surface area contributed by atoms with Crippen LogP contribution in [0.5, 0.6) is 0 Å². The van der Waals surface area contributed by atoms with E-state index in [1.54, 1.807) is 12.2 Å². The number of benzene rings is 2. The molecule has 2 aromatic rings. The monoisotopic (exact) mass is 317 g/mol. The number of hydrogen-bond acceptors (Lipinski definition) is 1. The van der Waals surface area contributed by atoms with Crippen LogP contribution in [-0.4, -0.2) is 6.17 Å². The quantitative estimate of drug-likeness (QED) is 0.741. The van der Waals surface area contributed by atoms with Gasteiger partial charge in [0.2, 0.25) is 0 Å². The van der Waals surface area contributed by atoms with E-state index in [4.69, 9.17) is 0 Å². The van der Waals surface area contributed by atoms with Crippen LogP contribution in [0.2, 0.25) is 0 Å². The first-order valence-corrected chi connectivity index (χ1v) is 8.31. The topological polar surface area (TPSA) is 23.8 Å². The Bertz CT molecular complexity index is 796. The number of nitrogens with zero attached hydrogens (tertiary/aromatic N) is 1. The van der Waals surface area contributed by atoms with E-state index < -0.39 is 11.6 Å². The lowest BCUT2D eigenvalue weighted by Gasteiger charge is -2.29. The Morgan fingerprint density at radius 1 is 1.08 bits per heavy atom. The SMILES string of the molecule is CCCc1ccc(C2(C#N)C=CC(c3ccccc3)=CC2F)cc1. The molecule has 24 heavy (non-hydrogen) atoms. The molecule has 0 heterocycles. The lowest BCUT2D eigenvalue weighted by Crippen LogP contribution is -2.34. The molecule has 2 heteroatoms. The summed E-state index contributed by atoms with van der Waals surface area (Å²) in [4.78, 5) is 0. The van der Waals surface area contributed by atoms with Gasteiger partial charge < -0.3 is 0 Å². The highest BCUT2D eigenvalue weighted by molar-refractivity contribution is 5.77. The number of nitriles is 1. The Hall–Kier alpha value is -2.66. The number of hydrogen-bond donors (Lipinski definition) is 0. The largest absolute Gasteiger partial charge is 0.240 e. The Kier molecular flexibility index (Phi) is 4.62. The first-order chi connectivity index (χ1) is 11.7.